The number of unbranched alkanes of at least 4 members (excludes halogenated alkanes) is 8. The molecule has 3 heteroatoms. The Morgan fingerprint density at radius 3 is 2.00 bits per heavy atom. The molecular formula is C22H36O3. The molecule has 0 aromatic heterocycles. The highest BCUT2D eigenvalue weighted by Gasteiger charge is 2.10. The lowest BCUT2D eigenvalue weighted by Crippen LogP contribution is -2.12. The number of carbonyl (C=O) groups excluding carboxylic acids is 2. The topological polar surface area (TPSA) is 43.4 Å². The van der Waals surface area contributed by atoms with E-state index in [0.717, 1.165) is 32.1 Å². The summed E-state index contributed by atoms with van der Waals surface area (Å²) in [4.78, 5) is 22.6. The maximum Gasteiger partial charge on any atom is 0.340 e. The smallest absolute Gasteiger partial charge is 0.340 e. The maximum absolute atomic E-state index is 11.4. The molecule has 0 N–H and O–H groups in total. The van der Waals surface area contributed by atoms with Crippen molar-refractivity contribution in [2.75, 3.05) is 0 Å². The quantitative estimate of drug-likeness (QED) is 0.112. The van der Waals surface area contributed by atoms with E-state index in [9.17, 15) is 9.59 Å². The van der Waals surface area contributed by atoms with Crippen molar-refractivity contribution in [2.45, 2.75) is 90.9 Å². The third-order valence-electron chi connectivity index (χ3n) is 3.89. The molecule has 0 aliphatic heterocycles. The van der Waals surface area contributed by atoms with E-state index >= 15 is 0 Å². The van der Waals surface area contributed by atoms with Gasteiger partial charge in [-0.2, -0.15) is 0 Å². The van der Waals surface area contributed by atoms with E-state index < -0.39 is 11.9 Å². The van der Waals surface area contributed by atoms with Crippen LogP contribution in [0.25, 0.3) is 0 Å². The van der Waals surface area contributed by atoms with Gasteiger partial charge in [0, 0.05) is 12.0 Å². The number of ether oxygens (including phenoxy) is 1. The summed E-state index contributed by atoms with van der Waals surface area (Å²) in [5, 5.41) is 0. The molecule has 0 bridgehead atoms. The Morgan fingerprint density at radius 2 is 1.40 bits per heavy atom. The predicted octanol–water partition coefficient (Wildman–Crippen LogP) is 6.45. The van der Waals surface area contributed by atoms with Crippen LogP contribution in [0.1, 0.15) is 90.9 Å². The number of rotatable bonds is 15. The molecule has 0 aliphatic rings. The zero-order chi connectivity index (χ0) is 18.8. The Labute approximate surface area is 154 Å². The van der Waals surface area contributed by atoms with Gasteiger partial charge in [-0.1, -0.05) is 69.9 Å². The first-order chi connectivity index (χ1) is 12.1. The fourth-order valence-electron chi connectivity index (χ4n) is 2.32. The van der Waals surface area contributed by atoms with Crippen molar-refractivity contribution >= 4 is 11.9 Å². The highest BCUT2D eigenvalue weighted by Crippen LogP contribution is 2.09. The molecule has 0 aliphatic carbocycles. The maximum atomic E-state index is 11.4. The molecular weight excluding hydrogens is 312 g/mol. The van der Waals surface area contributed by atoms with Gasteiger partial charge in [-0.15, -0.1) is 0 Å². The minimum atomic E-state index is -0.618. The molecule has 3 nitrogen and oxygen atoms in total. The molecule has 0 rings (SSSR count). The van der Waals surface area contributed by atoms with Gasteiger partial charge < -0.3 is 4.74 Å². The second-order valence-electron chi connectivity index (χ2n) is 6.52. The van der Waals surface area contributed by atoms with Crippen LogP contribution in [0.3, 0.4) is 0 Å². The molecule has 25 heavy (non-hydrogen) atoms. The van der Waals surface area contributed by atoms with Gasteiger partial charge in [0.15, 0.2) is 0 Å². The van der Waals surface area contributed by atoms with E-state index in [-0.39, 0.29) is 5.57 Å². The molecule has 0 amide bonds. The Morgan fingerprint density at radius 1 is 0.840 bits per heavy atom. The van der Waals surface area contributed by atoms with E-state index in [1.807, 2.05) is 0 Å². The van der Waals surface area contributed by atoms with Crippen LogP contribution in [0, 0.1) is 0 Å². The van der Waals surface area contributed by atoms with Crippen molar-refractivity contribution in [3.8, 4) is 0 Å². The van der Waals surface area contributed by atoms with Crippen LogP contribution in [0.15, 0.2) is 36.5 Å². The first-order valence-corrected chi connectivity index (χ1v) is 9.78. The lowest BCUT2D eigenvalue weighted by Gasteiger charge is -2.02. The highest BCUT2D eigenvalue weighted by molar-refractivity contribution is 5.95. The molecule has 0 atom stereocenters. The minimum absolute atomic E-state index is 0.258. The van der Waals surface area contributed by atoms with Gasteiger partial charge in [0.05, 0.1) is 0 Å². The molecule has 0 heterocycles. The number of allylic oxidation sites excluding steroid dienone is 4. The number of esters is 2. The van der Waals surface area contributed by atoms with E-state index in [1.165, 1.54) is 45.4 Å². The molecule has 0 spiro atoms. The summed E-state index contributed by atoms with van der Waals surface area (Å²) >= 11 is 0. The molecule has 142 valence electrons. The van der Waals surface area contributed by atoms with Gasteiger partial charge in [0.1, 0.15) is 0 Å². The number of carbonyl (C=O) groups is 2. The number of hydrogen-bond donors (Lipinski definition) is 0. The van der Waals surface area contributed by atoms with Crippen LogP contribution in [0.5, 0.6) is 0 Å². The Balaban J connectivity index is 3.38. The van der Waals surface area contributed by atoms with Gasteiger partial charge in [-0.25, -0.2) is 4.79 Å². The highest BCUT2D eigenvalue weighted by atomic mass is 16.6. The van der Waals surface area contributed by atoms with Gasteiger partial charge in [-0.05, 0) is 45.4 Å². The van der Waals surface area contributed by atoms with Crippen LogP contribution in [0.4, 0.5) is 0 Å². The van der Waals surface area contributed by atoms with Gasteiger partial charge in [-0.3, -0.25) is 4.79 Å². The minimum Gasteiger partial charge on any atom is -0.390 e. The summed E-state index contributed by atoms with van der Waals surface area (Å²) in [6.07, 6.45) is 21.9. The van der Waals surface area contributed by atoms with Crippen molar-refractivity contribution < 1.29 is 14.3 Å². The van der Waals surface area contributed by atoms with Crippen molar-refractivity contribution in [3.05, 3.63) is 36.5 Å². The van der Waals surface area contributed by atoms with Crippen LogP contribution < -0.4 is 0 Å². The summed E-state index contributed by atoms with van der Waals surface area (Å²) in [6.45, 7) is 7.21. The van der Waals surface area contributed by atoms with E-state index in [1.54, 1.807) is 0 Å². The molecule has 0 unspecified atom stereocenters. The normalized spacial score (nSPS) is 11.3. The molecule has 0 radical (unpaired) electrons. The Bertz CT molecular complexity index is 433. The van der Waals surface area contributed by atoms with Gasteiger partial charge in [0.25, 0.3) is 0 Å². The standard InChI is InChI=1S/C22H36O3/c1-4-5-6-7-8-9-10-11-12-13-14-15-16-17-18-19-21(23)25-22(24)20(2)3/h8-9,11-12H,2,4-7,10,13-19H2,1,3H3/b9-8-,12-11-. The van der Waals surface area contributed by atoms with Gasteiger partial charge >= 0.3 is 11.9 Å². The van der Waals surface area contributed by atoms with Crippen molar-refractivity contribution in [1.82, 2.24) is 0 Å². The second kappa shape index (κ2) is 17.2. The fraction of sp³-hybridized carbons (Fsp3) is 0.636. The Hall–Kier alpha value is -1.64. The second-order valence-corrected chi connectivity index (χ2v) is 6.52. The average molecular weight is 349 g/mol. The van der Waals surface area contributed by atoms with E-state index in [4.69, 9.17) is 0 Å². The van der Waals surface area contributed by atoms with Crippen LogP contribution in [-0.2, 0) is 14.3 Å². The third-order valence-corrected chi connectivity index (χ3v) is 3.89. The number of hydrogen-bond acceptors (Lipinski definition) is 3. The third kappa shape index (κ3) is 17.0. The average Bonchev–Trinajstić information content (AvgIpc) is 2.58. The van der Waals surface area contributed by atoms with E-state index in [0.29, 0.717) is 6.42 Å². The molecule has 0 saturated carbocycles. The monoisotopic (exact) mass is 348 g/mol. The zero-order valence-corrected chi connectivity index (χ0v) is 16.2. The summed E-state index contributed by atoms with van der Waals surface area (Å²) in [5.41, 5.74) is 0.258. The summed E-state index contributed by atoms with van der Waals surface area (Å²) in [5.74, 6) is -1.06. The van der Waals surface area contributed by atoms with Crippen LogP contribution in [0.2, 0.25) is 0 Å². The fourth-order valence-corrected chi connectivity index (χ4v) is 2.32. The molecule has 0 saturated heterocycles. The van der Waals surface area contributed by atoms with Crippen molar-refractivity contribution in [2.24, 2.45) is 0 Å². The van der Waals surface area contributed by atoms with Crippen molar-refractivity contribution in [3.63, 3.8) is 0 Å². The lowest BCUT2D eigenvalue weighted by atomic mass is 10.1. The Kier molecular flexibility index (Phi) is 16.1. The van der Waals surface area contributed by atoms with Crippen LogP contribution >= 0.6 is 0 Å². The molecule has 0 aromatic carbocycles. The first-order valence-electron chi connectivity index (χ1n) is 9.78. The molecule has 0 fully saturated rings. The SMILES string of the molecule is C=C(C)C(=O)OC(=O)CCCCCCC/C=C\C/C=C\CCCCC. The summed E-state index contributed by atoms with van der Waals surface area (Å²) in [6, 6.07) is 0. The first kappa shape index (κ1) is 23.4. The summed E-state index contributed by atoms with van der Waals surface area (Å²) < 4.78 is 4.64. The van der Waals surface area contributed by atoms with Crippen molar-refractivity contribution in [1.29, 1.82) is 0 Å². The van der Waals surface area contributed by atoms with E-state index in [2.05, 4.69) is 42.5 Å². The lowest BCUT2D eigenvalue weighted by molar-refractivity contribution is -0.156. The predicted molar refractivity (Wildman–Crippen MR) is 105 cm³/mol. The zero-order valence-electron chi connectivity index (χ0n) is 16.2. The largest absolute Gasteiger partial charge is 0.390 e. The van der Waals surface area contributed by atoms with Crippen LogP contribution in [-0.4, -0.2) is 11.9 Å². The summed E-state index contributed by atoms with van der Waals surface area (Å²) in [7, 11) is 0. The molecule has 0 aromatic rings. The van der Waals surface area contributed by atoms with Gasteiger partial charge in [0.2, 0.25) is 0 Å².